The number of hydrogen-bond acceptors (Lipinski definition) is 4. The van der Waals surface area contributed by atoms with Crippen molar-refractivity contribution in [1.29, 1.82) is 0 Å². The van der Waals surface area contributed by atoms with Crippen molar-refractivity contribution in [2.45, 2.75) is 6.92 Å². The van der Waals surface area contributed by atoms with E-state index in [1.165, 1.54) is 11.3 Å². The van der Waals surface area contributed by atoms with Gasteiger partial charge in [0, 0.05) is 11.1 Å². The molecule has 3 N–H and O–H groups in total. The molecule has 0 radical (unpaired) electrons. The van der Waals surface area contributed by atoms with Crippen LogP contribution in [0.2, 0.25) is 0 Å². The fourth-order valence-electron chi connectivity index (χ4n) is 1.40. The van der Waals surface area contributed by atoms with Gasteiger partial charge in [-0.15, -0.1) is 11.3 Å². The molecule has 1 aromatic carbocycles. The number of nitrogens with two attached hydrogens (primary N) is 1. The van der Waals surface area contributed by atoms with Gasteiger partial charge < -0.3 is 15.6 Å². The van der Waals surface area contributed by atoms with E-state index in [1.54, 1.807) is 11.4 Å². The van der Waals surface area contributed by atoms with Crippen molar-refractivity contribution >= 4 is 27.1 Å². The van der Waals surface area contributed by atoms with E-state index >= 15 is 0 Å². The Kier molecular flexibility index (Phi) is 2.21. The van der Waals surface area contributed by atoms with Gasteiger partial charge in [0.15, 0.2) is 0 Å². The van der Waals surface area contributed by atoms with Gasteiger partial charge in [0.05, 0.1) is 16.7 Å². The van der Waals surface area contributed by atoms with Gasteiger partial charge in [0.25, 0.3) is 0 Å². The van der Waals surface area contributed by atoms with Crippen LogP contribution < -0.4 is 10.5 Å². The quantitative estimate of drug-likeness (QED) is 0.747. The van der Waals surface area contributed by atoms with Crippen LogP contribution in [0.25, 0.3) is 10.1 Å². The number of anilines is 1. The van der Waals surface area contributed by atoms with E-state index in [4.69, 9.17) is 10.5 Å². The molecule has 2 aromatic rings. The molecule has 0 unspecified atom stereocenters. The average molecular weight is 209 g/mol. The number of rotatable bonds is 2. The van der Waals surface area contributed by atoms with Crippen LogP contribution in [0.4, 0.5) is 5.69 Å². The summed E-state index contributed by atoms with van der Waals surface area (Å²) < 4.78 is 6.34. The second-order valence-electron chi connectivity index (χ2n) is 2.91. The van der Waals surface area contributed by atoms with Crippen molar-refractivity contribution in [1.82, 2.24) is 0 Å². The Balaban J connectivity index is 2.70. The summed E-state index contributed by atoms with van der Waals surface area (Å²) in [5.74, 6) is 1.01. The highest BCUT2D eigenvalue weighted by Crippen LogP contribution is 2.40. The molecule has 74 valence electrons. The monoisotopic (exact) mass is 209 g/mol. The Labute approximate surface area is 85.7 Å². The molecule has 0 aliphatic carbocycles. The lowest BCUT2D eigenvalue weighted by Gasteiger charge is -2.05. The molecule has 1 aromatic heterocycles. The average Bonchev–Trinajstić information content (AvgIpc) is 2.54. The number of ether oxygens (including phenoxy) is 1. The van der Waals surface area contributed by atoms with Crippen LogP contribution in [0.5, 0.6) is 11.5 Å². The smallest absolute Gasteiger partial charge is 0.137 e. The van der Waals surface area contributed by atoms with Gasteiger partial charge in [0.1, 0.15) is 11.5 Å². The third-order valence-corrected chi connectivity index (χ3v) is 2.98. The highest BCUT2D eigenvalue weighted by Gasteiger charge is 2.10. The lowest BCUT2D eigenvalue weighted by atomic mass is 10.2. The van der Waals surface area contributed by atoms with Crippen LogP contribution in [0.1, 0.15) is 6.92 Å². The van der Waals surface area contributed by atoms with E-state index in [0.29, 0.717) is 17.7 Å². The van der Waals surface area contributed by atoms with Crippen LogP contribution in [-0.2, 0) is 0 Å². The summed E-state index contributed by atoms with van der Waals surface area (Å²) in [4.78, 5) is 0. The van der Waals surface area contributed by atoms with Gasteiger partial charge in [-0.25, -0.2) is 0 Å². The molecule has 0 amide bonds. The fraction of sp³-hybridized carbons (Fsp3) is 0.200. The molecule has 0 saturated carbocycles. The lowest BCUT2D eigenvalue weighted by Crippen LogP contribution is -1.92. The number of benzene rings is 1. The van der Waals surface area contributed by atoms with E-state index in [-0.39, 0.29) is 5.75 Å². The molecule has 0 fully saturated rings. The van der Waals surface area contributed by atoms with Gasteiger partial charge in [-0.1, -0.05) is 0 Å². The minimum Gasteiger partial charge on any atom is -0.506 e. The standard InChI is InChI=1S/C10H11NO2S/c1-2-13-8-4-3-6(11)9-7(12)5-14-10(8)9/h3-5,12H,2,11H2,1H3. The summed E-state index contributed by atoms with van der Waals surface area (Å²) in [6.45, 7) is 2.54. The Bertz CT molecular complexity index is 464. The molecule has 14 heavy (non-hydrogen) atoms. The van der Waals surface area contributed by atoms with E-state index < -0.39 is 0 Å². The Morgan fingerprint density at radius 1 is 1.50 bits per heavy atom. The van der Waals surface area contributed by atoms with E-state index in [0.717, 1.165) is 10.4 Å². The first-order chi connectivity index (χ1) is 6.74. The van der Waals surface area contributed by atoms with E-state index in [1.807, 2.05) is 13.0 Å². The van der Waals surface area contributed by atoms with Gasteiger partial charge >= 0.3 is 0 Å². The maximum absolute atomic E-state index is 9.56. The van der Waals surface area contributed by atoms with Crippen LogP contribution >= 0.6 is 11.3 Å². The summed E-state index contributed by atoms with van der Waals surface area (Å²) in [6.07, 6.45) is 0. The molecule has 0 aliphatic rings. The van der Waals surface area contributed by atoms with Crippen LogP contribution in [-0.4, -0.2) is 11.7 Å². The number of fused-ring (bicyclic) bond motifs is 1. The van der Waals surface area contributed by atoms with Crippen molar-refractivity contribution in [3.8, 4) is 11.5 Å². The molecule has 0 bridgehead atoms. The zero-order valence-corrected chi connectivity index (χ0v) is 8.60. The van der Waals surface area contributed by atoms with E-state index in [9.17, 15) is 5.11 Å². The Hall–Kier alpha value is -1.42. The zero-order valence-electron chi connectivity index (χ0n) is 7.78. The van der Waals surface area contributed by atoms with Crippen molar-refractivity contribution in [2.24, 2.45) is 0 Å². The fourth-order valence-corrected chi connectivity index (χ4v) is 2.33. The van der Waals surface area contributed by atoms with Crippen LogP contribution in [0.15, 0.2) is 17.5 Å². The minimum atomic E-state index is 0.226. The summed E-state index contributed by atoms with van der Waals surface area (Å²) in [5, 5.41) is 11.9. The summed E-state index contributed by atoms with van der Waals surface area (Å²) >= 11 is 1.44. The molecule has 2 rings (SSSR count). The molecule has 4 heteroatoms. The molecule has 0 aliphatic heterocycles. The van der Waals surface area contributed by atoms with Crippen molar-refractivity contribution < 1.29 is 9.84 Å². The SMILES string of the molecule is CCOc1ccc(N)c2c(O)csc12. The zero-order chi connectivity index (χ0) is 10.1. The number of hydrogen-bond donors (Lipinski definition) is 2. The van der Waals surface area contributed by atoms with Gasteiger partial charge in [0.2, 0.25) is 0 Å². The van der Waals surface area contributed by atoms with Crippen molar-refractivity contribution in [3.63, 3.8) is 0 Å². The normalized spacial score (nSPS) is 10.6. The molecule has 0 atom stereocenters. The third-order valence-electron chi connectivity index (χ3n) is 2.00. The molecule has 3 nitrogen and oxygen atoms in total. The van der Waals surface area contributed by atoms with Crippen LogP contribution in [0.3, 0.4) is 0 Å². The summed E-state index contributed by atoms with van der Waals surface area (Å²) in [7, 11) is 0. The predicted molar refractivity (Wildman–Crippen MR) is 59.1 cm³/mol. The molecular weight excluding hydrogens is 198 g/mol. The molecule has 0 saturated heterocycles. The highest BCUT2D eigenvalue weighted by atomic mass is 32.1. The maximum atomic E-state index is 9.56. The number of thiophene rings is 1. The first kappa shape index (κ1) is 9.15. The van der Waals surface area contributed by atoms with E-state index in [2.05, 4.69) is 0 Å². The summed E-state index contributed by atoms with van der Waals surface area (Å²) in [6, 6.07) is 3.58. The third kappa shape index (κ3) is 1.28. The second kappa shape index (κ2) is 3.38. The van der Waals surface area contributed by atoms with Gasteiger partial charge in [-0.2, -0.15) is 0 Å². The predicted octanol–water partition coefficient (Wildman–Crippen LogP) is 2.59. The molecule has 0 spiro atoms. The Morgan fingerprint density at radius 2 is 2.29 bits per heavy atom. The van der Waals surface area contributed by atoms with Gasteiger partial charge in [-0.3, -0.25) is 0 Å². The topological polar surface area (TPSA) is 55.5 Å². The molecular formula is C10H11NO2S. The van der Waals surface area contributed by atoms with Crippen molar-refractivity contribution in [2.75, 3.05) is 12.3 Å². The lowest BCUT2D eigenvalue weighted by molar-refractivity contribution is 0.345. The largest absolute Gasteiger partial charge is 0.506 e. The number of aromatic hydroxyl groups is 1. The number of nitrogen functional groups attached to an aromatic ring is 1. The molecule has 1 heterocycles. The van der Waals surface area contributed by atoms with Crippen molar-refractivity contribution in [3.05, 3.63) is 17.5 Å². The van der Waals surface area contributed by atoms with Crippen LogP contribution in [0, 0.1) is 0 Å². The highest BCUT2D eigenvalue weighted by molar-refractivity contribution is 7.18. The minimum absolute atomic E-state index is 0.226. The first-order valence-corrected chi connectivity index (χ1v) is 5.23. The summed E-state index contributed by atoms with van der Waals surface area (Å²) in [5.41, 5.74) is 6.34. The maximum Gasteiger partial charge on any atom is 0.137 e. The van der Waals surface area contributed by atoms with Gasteiger partial charge in [-0.05, 0) is 19.1 Å². The first-order valence-electron chi connectivity index (χ1n) is 4.35. The second-order valence-corrected chi connectivity index (χ2v) is 3.79. The Morgan fingerprint density at radius 3 is 3.00 bits per heavy atom.